The van der Waals surface area contributed by atoms with Gasteiger partial charge in [0.1, 0.15) is 18.5 Å². The van der Waals surface area contributed by atoms with E-state index >= 15 is 0 Å². The van der Waals surface area contributed by atoms with Crippen LogP contribution in [-0.4, -0.2) is 25.1 Å². The highest BCUT2D eigenvalue weighted by molar-refractivity contribution is 6.09. The third kappa shape index (κ3) is 3.50. The van der Waals surface area contributed by atoms with Gasteiger partial charge in [-0.3, -0.25) is 4.79 Å². The molecule has 0 radical (unpaired) electrons. The zero-order chi connectivity index (χ0) is 14.8. The lowest BCUT2D eigenvalue weighted by molar-refractivity contribution is 0.103. The van der Waals surface area contributed by atoms with Gasteiger partial charge in [0.05, 0.1) is 6.61 Å². The summed E-state index contributed by atoms with van der Waals surface area (Å²) < 4.78 is 10.8. The molecule has 3 heteroatoms. The van der Waals surface area contributed by atoms with E-state index in [1.54, 1.807) is 6.07 Å². The van der Waals surface area contributed by atoms with E-state index in [1.807, 2.05) is 50.2 Å². The molecule has 3 rings (SSSR count). The molecule has 0 saturated carbocycles. The predicted molar refractivity (Wildman–Crippen MR) is 81.0 cm³/mol. The number of hydrogen-bond donors (Lipinski definition) is 0. The second kappa shape index (κ2) is 5.70. The summed E-state index contributed by atoms with van der Waals surface area (Å²) in [6.07, 6.45) is 0.210. The van der Waals surface area contributed by atoms with Crippen LogP contribution in [0.15, 0.2) is 42.5 Å². The molecule has 21 heavy (non-hydrogen) atoms. The van der Waals surface area contributed by atoms with Gasteiger partial charge in [-0.25, -0.2) is 0 Å². The highest BCUT2D eigenvalue weighted by Crippen LogP contribution is 2.21. The highest BCUT2D eigenvalue weighted by Gasteiger charge is 2.23. The number of ketones is 1. The van der Waals surface area contributed by atoms with Crippen LogP contribution in [0.3, 0.4) is 0 Å². The first-order chi connectivity index (χ1) is 10.1. The van der Waals surface area contributed by atoms with E-state index in [1.165, 1.54) is 0 Å². The normalized spacial score (nSPS) is 16.6. The minimum absolute atomic E-state index is 0.0231. The second-order valence-electron chi connectivity index (χ2n) is 5.50. The summed E-state index contributed by atoms with van der Waals surface area (Å²) in [5.41, 5.74) is 3.46. The lowest BCUT2D eigenvalue weighted by Crippen LogP contribution is -2.06. The van der Waals surface area contributed by atoms with Crippen LogP contribution in [0.25, 0.3) is 0 Å². The smallest absolute Gasteiger partial charge is 0.193 e. The van der Waals surface area contributed by atoms with Gasteiger partial charge in [-0.2, -0.15) is 0 Å². The Balaban J connectivity index is 1.84. The monoisotopic (exact) mass is 282 g/mol. The first kappa shape index (κ1) is 13.8. The molecule has 0 bridgehead atoms. The van der Waals surface area contributed by atoms with Crippen molar-refractivity contribution in [2.75, 3.05) is 13.2 Å². The Kier molecular flexibility index (Phi) is 3.76. The van der Waals surface area contributed by atoms with Crippen molar-refractivity contribution >= 4 is 5.78 Å². The number of rotatable bonds is 5. The molecule has 2 aromatic rings. The van der Waals surface area contributed by atoms with Gasteiger partial charge in [-0.05, 0) is 43.7 Å². The number of epoxide rings is 1. The van der Waals surface area contributed by atoms with E-state index in [9.17, 15) is 4.79 Å². The van der Waals surface area contributed by atoms with Crippen LogP contribution in [0, 0.1) is 13.8 Å². The highest BCUT2D eigenvalue weighted by atomic mass is 16.6. The van der Waals surface area contributed by atoms with Crippen molar-refractivity contribution in [3.8, 4) is 5.75 Å². The maximum absolute atomic E-state index is 12.6. The van der Waals surface area contributed by atoms with Crippen LogP contribution in [0.4, 0.5) is 0 Å². The topological polar surface area (TPSA) is 38.8 Å². The fourth-order valence-electron chi connectivity index (χ4n) is 2.27. The van der Waals surface area contributed by atoms with Crippen molar-refractivity contribution in [1.29, 1.82) is 0 Å². The summed E-state index contributed by atoms with van der Waals surface area (Å²) in [6.45, 7) is 5.26. The fourth-order valence-corrected chi connectivity index (χ4v) is 2.27. The van der Waals surface area contributed by atoms with Gasteiger partial charge >= 0.3 is 0 Å². The van der Waals surface area contributed by atoms with Gasteiger partial charge in [0.15, 0.2) is 5.78 Å². The zero-order valence-electron chi connectivity index (χ0n) is 12.3. The van der Waals surface area contributed by atoms with Gasteiger partial charge in [-0.1, -0.05) is 23.8 Å². The number of benzene rings is 2. The standard InChI is InChI=1S/C18H18O3/c1-12-4-3-5-14(6-12)18(19)15-7-13(2)8-16(9-15)20-10-17-11-21-17/h3-9,17H,10-11H2,1-2H3. The molecule has 0 amide bonds. The van der Waals surface area contributed by atoms with Crippen molar-refractivity contribution in [3.05, 3.63) is 64.7 Å². The third-order valence-electron chi connectivity index (χ3n) is 3.43. The van der Waals surface area contributed by atoms with Gasteiger partial charge < -0.3 is 9.47 Å². The van der Waals surface area contributed by atoms with Crippen molar-refractivity contribution in [1.82, 2.24) is 0 Å². The molecule has 0 aliphatic carbocycles. The van der Waals surface area contributed by atoms with E-state index in [0.29, 0.717) is 17.7 Å². The molecule has 1 aliphatic rings. The summed E-state index contributed by atoms with van der Waals surface area (Å²) in [5.74, 6) is 0.747. The Morgan fingerprint density at radius 1 is 1.14 bits per heavy atom. The molecule has 1 saturated heterocycles. The molecule has 0 aromatic heterocycles. The molecular weight excluding hydrogens is 264 g/mol. The van der Waals surface area contributed by atoms with E-state index in [-0.39, 0.29) is 11.9 Å². The number of aryl methyl sites for hydroxylation is 2. The lowest BCUT2D eigenvalue weighted by Gasteiger charge is -2.09. The van der Waals surface area contributed by atoms with Crippen LogP contribution in [0.2, 0.25) is 0 Å². The molecule has 0 N–H and O–H groups in total. The zero-order valence-corrected chi connectivity index (χ0v) is 12.3. The maximum Gasteiger partial charge on any atom is 0.193 e. The molecular formula is C18H18O3. The summed E-state index contributed by atoms with van der Waals surface area (Å²) >= 11 is 0. The number of carbonyl (C=O) groups excluding carboxylic acids is 1. The Hall–Kier alpha value is -2.13. The summed E-state index contributed by atoms with van der Waals surface area (Å²) in [5, 5.41) is 0. The Labute approximate surface area is 124 Å². The molecule has 1 fully saturated rings. The van der Waals surface area contributed by atoms with E-state index in [0.717, 1.165) is 23.5 Å². The second-order valence-corrected chi connectivity index (χ2v) is 5.50. The molecule has 0 spiro atoms. The SMILES string of the molecule is Cc1cccc(C(=O)c2cc(C)cc(OCC3CO3)c2)c1. The molecule has 1 heterocycles. The molecule has 2 aromatic carbocycles. The molecule has 1 unspecified atom stereocenters. The van der Waals surface area contributed by atoms with Gasteiger partial charge in [0.2, 0.25) is 0 Å². The van der Waals surface area contributed by atoms with Crippen LogP contribution in [0.5, 0.6) is 5.75 Å². The van der Waals surface area contributed by atoms with Crippen molar-refractivity contribution in [2.45, 2.75) is 20.0 Å². The van der Waals surface area contributed by atoms with E-state index in [4.69, 9.17) is 9.47 Å². The van der Waals surface area contributed by atoms with Gasteiger partial charge in [-0.15, -0.1) is 0 Å². The lowest BCUT2D eigenvalue weighted by atomic mass is 10.00. The summed E-state index contributed by atoms with van der Waals surface area (Å²) in [7, 11) is 0. The first-order valence-electron chi connectivity index (χ1n) is 7.09. The Morgan fingerprint density at radius 3 is 2.62 bits per heavy atom. The fraction of sp³-hybridized carbons (Fsp3) is 0.278. The van der Waals surface area contributed by atoms with Gasteiger partial charge in [0, 0.05) is 11.1 Å². The average molecular weight is 282 g/mol. The summed E-state index contributed by atoms with van der Waals surface area (Å²) in [6, 6.07) is 13.3. The molecule has 108 valence electrons. The van der Waals surface area contributed by atoms with Crippen LogP contribution >= 0.6 is 0 Å². The van der Waals surface area contributed by atoms with E-state index in [2.05, 4.69) is 0 Å². The van der Waals surface area contributed by atoms with Crippen molar-refractivity contribution in [2.24, 2.45) is 0 Å². The van der Waals surface area contributed by atoms with Crippen molar-refractivity contribution in [3.63, 3.8) is 0 Å². The Morgan fingerprint density at radius 2 is 1.90 bits per heavy atom. The molecule has 3 nitrogen and oxygen atoms in total. The number of hydrogen-bond acceptors (Lipinski definition) is 3. The number of ether oxygens (including phenoxy) is 2. The Bertz CT molecular complexity index is 672. The molecule has 1 atom stereocenters. The van der Waals surface area contributed by atoms with Crippen LogP contribution in [0.1, 0.15) is 27.0 Å². The molecule has 1 aliphatic heterocycles. The van der Waals surface area contributed by atoms with Crippen LogP contribution < -0.4 is 4.74 Å². The minimum Gasteiger partial charge on any atom is -0.491 e. The van der Waals surface area contributed by atoms with Crippen LogP contribution in [-0.2, 0) is 4.74 Å². The average Bonchev–Trinajstić information content (AvgIpc) is 3.28. The maximum atomic E-state index is 12.6. The third-order valence-corrected chi connectivity index (χ3v) is 3.43. The predicted octanol–water partition coefficient (Wildman–Crippen LogP) is 3.31. The summed E-state index contributed by atoms with van der Waals surface area (Å²) in [4.78, 5) is 12.6. The first-order valence-corrected chi connectivity index (χ1v) is 7.09. The largest absolute Gasteiger partial charge is 0.491 e. The van der Waals surface area contributed by atoms with Crippen molar-refractivity contribution < 1.29 is 14.3 Å². The quantitative estimate of drug-likeness (QED) is 0.624. The van der Waals surface area contributed by atoms with E-state index < -0.39 is 0 Å². The van der Waals surface area contributed by atoms with Gasteiger partial charge in [0.25, 0.3) is 0 Å². The number of carbonyl (C=O) groups is 1. The minimum atomic E-state index is 0.0231.